The molecule has 2 nitrogen and oxygen atoms in total. The van der Waals surface area contributed by atoms with E-state index in [1.165, 1.54) is 0 Å². The van der Waals surface area contributed by atoms with Gasteiger partial charge in [0, 0.05) is 5.02 Å². The van der Waals surface area contributed by atoms with Gasteiger partial charge in [-0.05, 0) is 35.4 Å². The molecule has 0 aliphatic carbocycles. The standard InChI is InChI=1S/C14H10ClNO/c15-13-6-4-11(5-7-13)14(17)12-3-1-2-10(8-12)9-16/h1-8,14,17H/t14-/m0/s1. The molecule has 2 aromatic carbocycles. The van der Waals surface area contributed by atoms with Crippen LogP contribution in [0.25, 0.3) is 0 Å². The Balaban J connectivity index is 2.33. The monoisotopic (exact) mass is 243 g/mol. The molecule has 2 rings (SSSR count). The minimum Gasteiger partial charge on any atom is -0.384 e. The average Bonchev–Trinajstić information content (AvgIpc) is 2.39. The highest BCUT2D eigenvalue weighted by atomic mass is 35.5. The Morgan fingerprint density at radius 3 is 2.41 bits per heavy atom. The van der Waals surface area contributed by atoms with Crippen LogP contribution in [0, 0.1) is 11.3 Å². The summed E-state index contributed by atoms with van der Waals surface area (Å²) in [5.41, 5.74) is 1.99. The minimum absolute atomic E-state index is 0.538. The lowest BCUT2D eigenvalue weighted by molar-refractivity contribution is 0.220. The first-order chi connectivity index (χ1) is 8.20. The number of hydrogen-bond donors (Lipinski definition) is 1. The van der Waals surface area contributed by atoms with Crippen LogP contribution in [0.4, 0.5) is 0 Å². The normalized spacial score (nSPS) is 11.8. The summed E-state index contributed by atoms with van der Waals surface area (Å²) in [6.07, 6.45) is -0.736. The van der Waals surface area contributed by atoms with Gasteiger partial charge in [-0.2, -0.15) is 5.26 Å². The van der Waals surface area contributed by atoms with Crippen LogP contribution in [0.15, 0.2) is 48.5 Å². The second-order valence-corrected chi connectivity index (χ2v) is 4.13. The average molecular weight is 244 g/mol. The largest absolute Gasteiger partial charge is 0.384 e. The van der Waals surface area contributed by atoms with Crippen LogP contribution in [0.2, 0.25) is 5.02 Å². The van der Waals surface area contributed by atoms with E-state index in [0.29, 0.717) is 16.1 Å². The van der Waals surface area contributed by atoms with Gasteiger partial charge < -0.3 is 5.11 Å². The van der Waals surface area contributed by atoms with Crippen molar-refractivity contribution in [3.05, 3.63) is 70.2 Å². The molecule has 1 atom stereocenters. The molecule has 0 saturated heterocycles. The molecule has 0 saturated carbocycles. The number of aliphatic hydroxyl groups excluding tert-OH is 1. The van der Waals surface area contributed by atoms with E-state index in [4.69, 9.17) is 16.9 Å². The second kappa shape index (κ2) is 5.01. The first kappa shape index (κ1) is 11.7. The van der Waals surface area contributed by atoms with Crippen molar-refractivity contribution in [2.45, 2.75) is 6.10 Å². The maximum Gasteiger partial charge on any atom is 0.104 e. The fourth-order valence-corrected chi connectivity index (χ4v) is 1.74. The first-order valence-electron chi connectivity index (χ1n) is 5.14. The van der Waals surface area contributed by atoms with Crippen LogP contribution in [0.3, 0.4) is 0 Å². The first-order valence-corrected chi connectivity index (χ1v) is 5.52. The summed E-state index contributed by atoms with van der Waals surface area (Å²) in [4.78, 5) is 0. The van der Waals surface area contributed by atoms with Gasteiger partial charge in [0.25, 0.3) is 0 Å². The fraction of sp³-hybridized carbons (Fsp3) is 0.0714. The third kappa shape index (κ3) is 2.65. The number of halogens is 1. The van der Waals surface area contributed by atoms with Gasteiger partial charge in [0.05, 0.1) is 11.6 Å². The SMILES string of the molecule is N#Cc1cccc([C@@H](O)c2ccc(Cl)cc2)c1. The second-order valence-electron chi connectivity index (χ2n) is 3.69. The number of nitriles is 1. The van der Waals surface area contributed by atoms with Gasteiger partial charge in [0.15, 0.2) is 0 Å². The Bertz CT molecular complexity index is 557. The minimum atomic E-state index is -0.736. The Hall–Kier alpha value is -1.82. The molecule has 0 fully saturated rings. The molecule has 2 aromatic rings. The molecule has 84 valence electrons. The van der Waals surface area contributed by atoms with Crippen LogP contribution < -0.4 is 0 Å². The lowest BCUT2D eigenvalue weighted by Crippen LogP contribution is -1.99. The lowest BCUT2D eigenvalue weighted by atomic mass is 10.0. The van der Waals surface area contributed by atoms with Crippen molar-refractivity contribution >= 4 is 11.6 Å². The predicted octanol–water partition coefficient (Wildman–Crippen LogP) is 3.29. The van der Waals surface area contributed by atoms with Crippen molar-refractivity contribution in [2.24, 2.45) is 0 Å². The van der Waals surface area contributed by atoms with E-state index in [2.05, 4.69) is 6.07 Å². The van der Waals surface area contributed by atoms with Gasteiger partial charge in [-0.1, -0.05) is 35.9 Å². The predicted molar refractivity (Wildman–Crippen MR) is 66.7 cm³/mol. The van der Waals surface area contributed by atoms with Crippen LogP contribution in [-0.2, 0) is 0 Å². The van der Waals surface area contributed by atoms with E-state index in [1.54, 1.807) is 48.5 Å². The zero-order chi connectivity index (χ0) is 12.3. The van der Waals surface area contributed by atoms with E-state index in [9.17, 15) is 5.11 Å². The molecule has 3 heteroatoms. The molecular formula is C14H10ClNO. The van der Waals surface area contributed by atoms with Gasteiger partial charge in [-0.25, -0.2) is 0 Å². The Morgan fingerprint density at radius 1 is 1.06 bits per heavy atom. The smallest absolute Gasteiger partial charge is 0.104 e. The van der Waals surface area contributed by atoms with Crippen molar-refractivity contribution in [3.8, 4) is 6.07 Å². The van der Waals surface area contributed by atoms with Crippen LogP contribution >= 0.6 is 11.6 Å². The van der Waals surface area contributed by atoms with Crippen molar-refractivity contribution in [1.82, 2.24) is 0 Å². The van der Waals surface area contributed by atoms with E-state index in [1.807, 2.05) is 0 Å². The van der Waals surface area contributed by atoms with Crippen molar-refractivity contribution < 1.29 is 5.11 Å². The quantitative estimate of drug-likeness (QED) is 0.880. The molecule has 0 spiro atoms. The van der Waals surface area contributed by atoms with Gasteiger partial charge in [-0.3, -0.25) is 0 Å². The van der Waals surface area contributed by atoms with E-state index < -0.39 is 6.10 Å². The molecule has 0 aliphatic heterocycles. The van der Waals surface area contributed by atoms with Gasteiger partial charge in [-0.15, -0.1) is 0 Å². The lowest BCUT2D eigenvalue weighted by Gasteiger charge is -2.11. The molecule has 1 N–H and O–H groups in total. The molecule has 0 radical (unpaired) electrons. The maximum atomic E-state index is 10.2. The number of benzene rings is 2. The van der Waals surface area contributed by atoms with Crippen LogP contribution in [0.5, 0.6) is 0 Å². The van der Waals surface area contributed by atoms with Crippen molar-refractivity contribution in [3.63, 3.8) is 0 Å². The van der Waals surface area contributed by atoms with E-state index in [0.717, 1.165) is 5.56 Å². The summed E-state index contributed by atoms with van der Waals surface area (Å²) >= 11 is 5.79. The summed E-state index contributed by atoms with van der Waals surface area (Å²) in [7, 11) is 0. The molecule has 0 aromatic heterocycles. The van der Waals surface area contributed by atoms with Crippen LogP contribution in [-0.4, -0.2) is 5.11 Å². The zero-order valence-corrected chi connectivity index (χ0v) is 9.72. The number of rotatable bonds is 2. The number of nitrogens with zero attached hydrogens (tertiary/aromatic N) is 1. The maximum absolute atomic E-state index is 10.2. The third-order valence-corrected chi connectivity index (χ3v) is 2.77. The summed E-state index contributed by atoms with van der Waals surface area (Å²) in [6.45, 7) is 0. The zero-order valence-electron chi connectivity index (χ0n) is 8.97. The van der Waals surface area contributed by atoms with E-state index in [-0.39, 0.29) is 0 Å². The summed E-state index contributed by atoms with van der Waals surface area (Å²) < 4.78 is 0. The third-order valence-electron chi connectivity index (χ3n) is 2.52. The van der Waals surface area contributed by atoms with Crippen molar-refractivity contribution in [1.29, 1.82) is 5.26 Å². The number of aliphatic hydroxyl groups is 1. The van der Waals surface area contributed by atoms with E-state index >= 15 is 0 Å². The van der Waals surface area contributed by atoms with Gasteiger partial charge >= 0.3 is 0 Å². The highest BCUT2D eigenvalue weighted by molar-refractivity contribution is 6.30. The molecule has 0 aliphatic rings. The Morgan fingerprint density at radius 2 is 1.76 bits per heavy atom. The molecular weight excluding hydrogens is 234 g/mol. The highest BCUT2D eigenvalue weighted by Crippen LogP contribution is 2.23. The molecule has 0 amide bonds. The van der Waals surface area contributed by atoms with Gasteiger partial charge in [0.1, 0.15) is 6.10 Å². The summed E-state index contributed by atoms with van der Waals surface area (Å²) in [5.74, 6) is 0. The van der Waals surface area contributed by atoms with Crippen LogP contribution in [0.1, 0.15) is 22.8 Å². The Labute approximate surface area is 105 Å². The molecule has 0 heterocycles. The Kier molecular flexibility index (Phi) is 3.43. The van der Waals surface area contributed by atoms with Crippen molar-refractivity contribution in [2.75, 3.05) is 0 Å². The highest BCUT2D eigenvalue weighted by Gasteiger charge is 2.10. The summed E-state index contributed by atoms with van der Waals surface area (Å²) in [6, 6.07) is 16.0. The molecule has 17 heavy (non-hydrogen) atoms. The topological polar surface area (TPSA) is 44.0 Å². The fourth-order valence-electron chi connectivity index (χ4n) is 1.62. The van der Waals surface area contributed by atoms with Gasteiger partial charge in [0.2, 0.25) is 0 Å². The molecule has 0 unspecified atom stereocenters. The summed E-state index contributed by atoms with van der Waals surface area (Å²) in [5, 5.41) is 19.6. The number of hydrogen-bond acceptors (Lipinski definition) is 2. The molecule has 0 bridgehead atoms.